The Kier molecular flexibility index (Phi) is 4.55. The summed E-state index contributed by atoms with van der Waals surface area (Å²) >= 11 is 0. The van der Waals surface area contributed by atoms with E-state index in [0.717, 1.165) is 18.4 Å². The quantitative estimate of drug-likeness (QED) is 0.433. The van der Waals surface area contributed by atoms with E-state index in [4.69, 9.17) is 10.6 Å². The highest BCUT2D eigenvalue weighted by atomic mass is 16.2. The fraction of sp³-hybridized carbons (Fsp3) is 0.400. The minimum absolute atomic E-state index is 0.223. The third-order valence-corrected chi connectivity index (χ3v) is 1.96. The molecule has 1 N–H and O–H groups in total. The molecule has 0 amide bonds. The van der Waals surface area contributed by atoms with Gasteiger partial charge in [0.25, 0.3) is 0 Å². The second-order valence-corrected chi connectivity index (χ2v) is 3.03. The zero-order valence-electron chi connectivity index (χ0n) is 7.93. The molecule has 0 aliphatic heterocycles. The van der Waals surface area contributed by atoms with Gasteiger partial charge in [-0.05, 0) is 29.5 Å². The minimum atomic E-state index is 0.223. The molecule has 1 rings (SSSR count). The molecule has 0 saturated heterocycles. The number of aliphatic hydroxyl groups is 1. The highest BCUT2D eigenvalue weighted by Gasteiger charge is 1.93. The standard InChI is InChI=1S/C10H13N3O/c11-13-12-8-10-5-3-9(4-6-10)2-1-7-14/h3-6,14H,1-2,7-8H2. The van der Waals surface area contributed by atoms with Crippen molar-refractivity contribution in [3.05, 3.63) is 45.8 Å². The van der Waals surface area contributed by atoms with Gasteiger partial charge in [-0.25, -0.2) is 0 Å². The molecule has 1 aromatic carbocycles. The van der Waals surface area contributed by atoms with E-state index in [2.05, 4.69) is 10.0 Å². The van der Waals surface area contributed by atoms with Crippen molar-refractivity contribution in [1.82, 2.24) is 0 Å². The molecule has 74 valence electrons. The fourth-order valence-corrected chi connectivity index (χ4v) is 1.21. The molecule has 0 saturated carbocycles. The lowest BCUT2D eigenvalue weighted by Gasteiger charge is -2.00. The van der Waals surface area contributed by atoms with Crippen molar-refractivity contribution >= 4 is 0 Å². The number of rotatable bonds is 5. The van der Waals surface area contributed by atoms with Gasteiger partial charge in [0.05, 0.1) is 6.54 Å². The molecule has 0 aliphatic carbocycles. The number of azide groups is 1. The van der Waals surface area contributed by atoms with E-state index < -0.39 is 0 Å². The monoisotopic (exact) mass is 191 g/mol. The van der Waals surface area contributed by atoms with Gasteiger partial charge in [-0.1, -0.05) is 29.4 Å². The van der Waals surface area contributed by atoms with E-state index >= 15 is 0 Å². The molecule has 0 heterocycles. The average Bonchev–Trinajstić information content (AvgIpc) is 2.25. The Morgan fingerprint density at radius 3 is 2.43 bits per heavy atom. The highest BCUT2D eigenvalue weighted by molar-refractivity contribution is 5.22. The molecule has 0 bridgehead atoms. The van der Waals surface area contributed by atoms with Crippen LogP contribution in [0.4, 0.5) is 0 Å². The van der Waals surface area contributed by atoms with Crippen molar-refractivity contribution in [2.45, 2.75) is 19.4 Å². The molecule has 0 radical (unpaired) electrons. The van der Waals surface area contributed by atoms with Gasteiger partial charge in [-0.2, -0.15) is 0 Å². The normalized spacial score (nSPS) is 9.50. The lowest BCUT2D eigenvalue weighted by Crippen LogP contribution is -1.89. The van der Waals surface area contributed by atoms with E-state index in [0.29, 0.717) is 6.54 Å². The summed E-state index contributed by atoms with van der Waals surface area (Å²) in [5.74, 6) is 0. The first-order chi connectivity index (χ1) is 6.86. The van der Waals surface area contributed by atoms with Crippen LogP contribution in [0.2, 0.25) is 0 Å². The van der Waals surface area contributed by atoms with Crippen molar-refractivity contribution in [2.75, 3.05) is 6.61 Å². The topological polar surface area (TPSA) is 69.0 Å². The molecule has 0 spiro atoms. The van der Waals surface area contributed by atoms with E-state index in [1.165, 1.54) is 5.56 Å². The number of nitrogens with zero attached hydrogens (tertiary/aromatic N) is 3. The first-order valence-electron chi connectivity index (χ1n) is 4.56. The SMILES string of the molecule is [N-]=[N+]=NCc1ccc(CCCO)cc1. The summed E-state index contributed by atoms with van der Waals surface area (Å²) in [4.78, 5) is 2.69. The van der Waals surface area contributed by atoms with Crippen LogP contribution in [0.1, 0.15) is 17.5 Å². The Balaban J connectivity index is 2.54. The zero-order chi connectivity index (χ0) is 10.2. The van der Waals surface area contributed by atoms with Crippen LogP contribution in [0.15, 0.2) is 29.4 Å². The van der Waals surface area contributed by atoms with Crippen molar-refractivity contribution in [3.63, 3.8) is 0 Å². The Morgan fingerprint density at radius 2 is 1.86 bits per heavy atom. The molecule has 0 aromatic heterocycles. The first-order valence-corrected chi connectivity index (χ1v) is 4.56. The van der Waals surface area contributed by atoms with Gasteiger partial charge in [0.15, 0.2) is 0 Å². The van der Waals surface area contributed by atoms with Crippen molar-refractivity contribution in [2.24, 2.45) is 5.11 Å². The maximum absolute atomic E-state index is 8.64. The molecule has 14 heavy (non-hydrogen) atoms. The second-order valence-electron chi connectivity index (χ2n) is 3.03. The summed E-state index contributed by atoms with van der Waals surface area (Å²) in [5.41, 5.74) is 10.3. The lowest BCUT2D eigenvalue weighted by atomic mass is 10.1. The Morgan fingerprint density at radius 1 is 1.21 bits per heavy atom. The summed E-state index contributed by atoms with van der Waals surface area (Å²) < 4.78 is 0. The molecule has 4 heteroatoms. The van der Waals surface area contributed by atoms with Crippen LogP contribution in [0.5, 0.6) is 0 Å². The number of hydrogen-bond acceptors (Lipinski definition) is 2. The van der Waals surface area contributed by atoms with Crippen LogP contribution in [0.25, 0.3) is 10.4 Å². The van der Waals surface area contributed by atoms with E-state index in [9.17, 15) is 0 Å². The van der Waals surface area contributed by atoms with Crippen molar-refractivity contribution in [1.29, 1.82) is 0 Å². The predicted molar refractivity (Wildman–Crippen MR) is 54.7 cm³/mol. The Labute approximate surface area is 82.8 Å². The van der Waals surface area contributed by atoms with Gasteiger partial charge in [0.1, 0.15) is 0 Å². The van der Waals surface area contributed by atoms with E-state index in [1.807, 2.05) is 24.3 Å². The van der Waals surface area contributed by atoms with Gasteiger partial charge >= 0.3 is 0 Å². The maximum atomic E-state index is 8.64. The minimum Gasteiger partial charge on any atom is -0.396 e. The molecule has 0 atom stereocenters. The summed E-state index contributed by atoms with van der Waals surface area (Å²) in [6.07, 6.45) is 1.67. The number of aliphatic hydroxyl groups excluding tert-OH is 1. The van der Waals surface area contributed by atoms with E-state index in [-0.39, 0.29) is 6.61 Å². The largest absolute Gasteiger partial charge is 0.396 e. The molecule has 0 aliphatic rings. The zero-order valence-corrected chi connectivity index (χ0v) is 7.93. The van der Waals surface area contributed by atoms with Gasteiger partial charge in [0, 0.05) is 11.5 Å². The van der Waals surface area contributed by atoms with Crippen LogP contribution in [0.3, 0.4) is 0 Å². The predicted octanol–water partition coefficient (Wildman–Crippen LogP) is 2.42. The third-order valence-electron chi connectivity index (χ3n) is 1.96. The van der Waals surface area contributed by atoms with Crippen LogP contribution >= 0.6 is 0 Å². The van der Waals surface area contributed by atoms with Crippen LogP contribution < -0.4 is 0 Å². The number of aryl methyl sites for hydroxylation is 1. The van der Waals surface area contributed by atoms with Crippen molar-refractivity contribution < 1.29 is 5.11 Å². The second kappa shape index (κ2) is 6.02. The molecular formula is C10H13N3O. The Bertz CT molecular complexity index is 315. The molecule has 4 nitrogen and oxygen atoms in total. The first kappa shape index (κ1) is 10.6. The summed E-state index contributed by atoms with van der Waals surface area (Å²) in [6.45, 7) is 0.622. The van der Waals surface area contributed by atoms with Crippen LogP contribution in [0, 0.1) is 0 Å². The fourth-order valence-electron chi connectivity index (χ4n) is 1.21. The van der Waals surface area contributed by atoms with Crippen LogP contribution in [-0.2, 0) is 13.0 Å². The van der Waals surface area contributed by atoms with Crippen molar-refractivity contribution in [3.8, 4) is 0 Å². The molecular weight excluding hydrogens is 178 g/mol. The average molecular weight is 191 g/mol. The highest BCUT2D eigenvalue weighted by Crippen LogP contribution is 2.07. The molecule has 0 unspecified atom stereocenters. The van der Waals surface area contributed by atoms with Crippen LogP contribution in [-0.4, -0.2) is 11.7 Å². The van der Waals surface area contributed by atoms with Gasteiger partial charge in [-0.3, -0.25) is 0 Å². The summed E-state index contributed by atoms with van der Waals surface area (Å²) in [5, 5.41) is 12.1. The molecule has 0 fully saturated rings. The van der Waals surface area contributed by atoms with Gasteiger partial charge in [-0.15, -0.1) is 0 Å². The number of benzene rings is 1. The summed E-state index contributed by atoms with van der Waals surface area (Å²) in [6, 6.07) is 7.89. The van der Waals surface area contributed by atoms with Gasteiger partial charge < -0.3 is 5.11 Å². The smallest absolute Gasteiger partial charge is 0.0510 e. The summed E-state index contributed by atoms with van der Waals surface area (Å²) in [7, 11) is 0. The lowest BCUT2D eigenvalue weighted by molar-refractivity contribution is 0.288. The number of hydrogen-bond donors (Lipinski definition) is 1. The Hall–Kier alpha value is -1.51. The van der Waals surface area contributed by atoms with Gasteiger partial charge in [0.2, 0.25) is 0 Å². The molecule has 1 aromatic rings. The van der Waals surface area contributed by atoms with E-state index in [1.54, 1.807) is 0 Å². The third kappa shape index (κ3) is 3.47. The maximum Gasteiger partial charge on any atom is 0.0510 e.